The molecule has 4 aromatic rings. The van der Waals surface area contributed by atoms with E-state index in [4.69, 9.17) is 9.47 Å². The Morgan fingerprint density at radius 2 is 1.38 bits per heavy atom. The van der Waals surface area contributed by atoms with Crippen LogP contribution in [0.15, 0.2) is 95.9 Å². The van der Waals surface area contributed by atoms with Gasteiger partial charge in [-0.05, 0) is 81.1 Å². The summed E-state index contributed by atoms with van der Waals surface area (Å²) in [6, 6.07) is 25.8. The van der Waals surface area contributed by atoms with Gasteiger partial charge < -0.3 is 19.7 Å². The zero-order valence-electron chi connectivity index (χ0n) is 28.7. The summed E-state index contributed by atoms with van der Waals surface area (Å²) in [6.07, 6.45) is 0.239. The van der Waals surface area contributed by atoms with Crippen LogP contribution in [0.5, 0.6) is 11.5 Å². The van der Waals surface area contributed by atoms with Gasteiger partial charge in [0.05, 0.1) is 24.8 Å². The average molecular weight is 672 g/mol. The predicted octanol–water partition coefficient (Wildman–Crippen LogP) is 5.99. The lowest BCUT2D eigenvalue weighted by molar-refractivity contribution is -0.140. The number of methoxy groups -OCH3 is 2. The van der Waals surface area contributed by atoms with Crippen LogP contribution < -0.4 is 19.1 Å². The van der Waals surface area contributed by atoms with Crippen LogP contribution >= 0.6 is 0 Å². The summed E-state index contributed by atoms with van der Waals surface area (Å²) >= 11 is 0. The molecule has 0 aliphatic rings. The molecule has 1 N–H and O–H groups in total. The smallest absolute Gasteiger partial charge is 0.264 e. The lowest BCUT2D eigenvalue weighted by Gasteiger charge is -2.34. The molecular formula is C38H45N3O6S. The molecule has 0 aliphatic heterocycles. The van der Waals surface area contributed by atoms with Crippen LogP contribution in [0, 0.1) is 20.8 Å². The Morgan fingerprint density at radius 3 is 1.96 bits per heavy atom. The van der Waals surface area contributed by atoms with E-state index in [1.807, 2.05) is 95.3 Å². The first-order valence-corrected chi connectivity index (χ1v) is 17.3. The van der Waals surface area contributed by atoms with Gasteiger partial charge in [0.25, 0.3) is 10.0 Å². The minimum atomic E-state index is -4.33. The maximum atomic E-state index is 14.7. The molecule has 10 heteroatoms. The molecule has 9 nitrogen and oxygen atoms in total. The van der Waals surface area contributed by atoms with Crippen molar-refractivity contribution in [3.8, 4) is 11.5 Å². The highest BCUT2D eigenvalue weighted by molar-refractivity contribution is 7.92. The highest BCUT2D eigenvalue weighted by Crippen LogP contribution is 2.33. The molecule has 1 atom stereocenters. The van der Waals surface area contributed by atoms with E-state index in [0.29, 0.717) is 11.4 Å². The van der Waals surface area contributed by atoms with Crippen LogP contribution in [0.4, 0.5) is 5.69 Å². The topological polar surface area (TPSA) is 105 Å². The van der Waals surface area contributed by atoms with Crippen molar-refractivity contribution in [2.45, 2.75) is 64.6 Å². The van der Waals surface area contributed by atoms with Crippen molar-refractivity contribution in [1.29, 1.82) is 0 Å². The number of sulfonamides is 1. The number of rotatable bonds is 14. The first-order valence-electron chi connectivity index (χ1n) is 15.8. The van der Waals surface area contributed by atoms with E-state index in [9.17, 15) is 18.0 Å². The second kappa shape index (κ2) is 15.8. The van der Waals surface area contributed by atoms with E-state index >= 15 is 0 Å². The van der Waals surface area contributed by atoms with Crippen LogP contribution in [-0.2, 0) is 32.6 Å². The highest BCUT2D eigenvalue weighted by Gasteiger charge is 2.35. The Balaban J connectivity index is 1.85. The summed E-state index contributed by atoms with van der Waals surface area (Å²) in [5.41, 5.74) is 4.73. The van der Waals surface area contributed by atoms with Gasteiger partial charge in [0.1, 0.15) is 12.6 Å². The van der Waals surface area contributed by atoms with E-state index < -0.39 is 28.5 Å². The number of hydrogen-bond acceptors (Lipinski definition) is 6. The number of carbonyl (C=O) groups is 2. The number of nitrogens with one attached hydrogen (secondary N) is 1. The molecule has 0 spiro atoms. The van der Waals surface area contributed by atoms with Crippen LogP contribution in [0.25, 0.3) is 0 Å². The maximum Gasteiger partial charge on any atom is 0.264 e. The van der Waals surface area contributed by atoms with Crippen LogP contribution in [0.2, 0.25) is 0 Å². The maximum absolute atomic E-state index is 14.7. The molecule has 48 heavy (non-hydrogen) atoms. The minimum Gasteiger partial charge on any atom is -0.493 e. The van der Waals surface area contributed by atoms with Crippen molar-refractivity contribution in [3.63, 3.8) is 0 Å². The van der Waals surface area contributed by atoms with E-state index in [1.165, 1.54) is 37.3 Å². The Bertz CT molecular complexity index is 1810. The molecule has 1 unspecified atom stereocenters. The van der Waals surface area contributed by atoms with Gasteiger partial charge in [-0.3, -0.25) is 13.9 Å². The highest BCUT2D eigenvalue weighted by atomic mass is 32.2. The van der Waals surface area contributed by atoms with Crippen molar-refractivity contribution in [2.75, 3.05) is 25.1 Å². The van der Waals surface area contributed by atoms with E-state index in [0.717, 1.165) is 32.1 Å². The van der Waals surface area contributed by atoms with Gasteiger partial charge in [-0.1, -0.05) is 66.2 Å². The SMILES string of the molecule is COc1ccc(S(=O)(=O)N(CC(=O)N(Cc2ccc(C)cc2)C(Cc2ccccc2)C(=O)NC(C)C)c2cc(C)cc(C)c2)cc1OC. The van der Waals surface area contributed by atoms with Gasteiger partial charge in [-0.25, -0.2) is 8.42 Å². The number of benzene rings is 4. The second-order valence-corrected chi connectivity index (χ2v) is 14.1. The summed E-state index contributed by atoms with van der Waals surface area (Å²) in [7, 11) is -1.43. The lowest BCUT2D eigenvalue weighted by Crippen LogP contribution is -2.54. The van der Waals surface area contributed by atoms with E-state index in [2.05, 4.69) is 5.32 Å². The van der Waals surface area contributed by atoms with Crippen molar-refractivity contribution in [3.05, 3.63) is 119 Å². The molecule has 2 amide bonds. The number of ether oxygens (including phenoxy) is 2. The Hall–Kier alpha value is -4.83. The van der Waals surface area contributed by atoms with E-state index in [-0.39, 0.29) is 35.6 Å². The second-order valence-electron chi connectivity index (χ2n) is 12.3. The zero-order chi connectivity index (χ0) is 35.0. The molecule has 0 radical (unpaired) electrons. The molecule has 4 aromatic carbocycles. The van der Waals surface area contributed by atoms with Crippen molar-refractivity contribution < 1.29 is 27.5 Å². The molecule has 0 saturated heterocycles. The summed E-state index contributed by atoms with van der Waals surface area (Å²) in [5.74, 6) is -0.247. The molecule has 254 valence electrons. The van der Waals surface area contributed by atoms with Crippen LogP contribution in [0.3, 0.4) is 0 Å². The molecule has 0 saturated carbocycles. The van der Waals surface area contributed by atoms with Crippen molar-refractivity contribution in [1.82, 2.24) is 10.2 Å². The lowest BCUT2D eigenvalue weighted by atomic mass is 10.0. The largest absolute Gasteiger partial charge is 0.493 e. The van der Waals surface area contributed by atoms with Gasteiger partial charge in [0, 0.05) is 25.1 Å². The molecule has 0 aliphatic carbocycles. The predicted molar refractivity (Wildman–Crippen MR) is 189 cm³/mol. The Morgan fingerprint density at radius 1 is 0.750 bits per heavy atom. The van der Waals surface area contributed by atoms with Gasteiger partial charge in [0.2, 0.25) is 11.8 Å². The zero-order valence-corrected chi connectivity index (χ0v) is 29.5. The van der Waals surface area contributed by atoms with E-state index in [1.54, 1.807) is 12.1 Å². The van der Waals surface area contributed by atoms with Crippen molar-refractivity contribution >= 4 is 27.5 Å². The quantitative estimate of drug-likeness (QED) is 0.177. The van der Waals surface area contributed by atoms with Crippen molar-refractivity contribution in [2.24, 2.45) is 0 Å². The minimum absolute atomic E-state index is 0.0735. The fourth-order valence-corrected chi connectivity index (χ4v) is 6.97. The average Bonchev–Trinajstić information content (AvgIpc) is 3.05. The molecule has 0 aromatic heterocycles. The van der Waals surface area contributed by atoms with Gasteiger partial charge >= 0.3 is 0 Å². The van der Waals surface area contributed by atoms with Gasteiger partial charge in [-0.2, -0.15) is 0 Å². The number of nitrogens with zero attached hydrogens (tertiary/aromatic N) is 2. The van der Waals surface area contributed by atoms with Gasteiger partial charge in [0.15, 0.2) is 11.5 Å². The van der Waals surface area contributed by atoms with Crippen LogP contribution in [0.1, 0.15) is 41.7 Å². The molecule has 4 rings (SSSR count). The Labute approximate surface area is 284 Å². The third-order valence-electron chi connectivity index (χ3n) is 7.89. The first-order chi connectivity index (χ1) is 22.8. The fraction of sp³-hybridized carbons (Fsp3) is 0.316. The molecule has 0 fully saturated rings. The molecule has 0 bridgehead atoms. The molecular weight excluding hydrogens is 627 g/mol. The summed E-state index contributed by atoms with van der Waals surface area (Å²) in [5, 5.41) is 2.98. The number of hydrogen-bond donors (Lipinski definition) is 1. The summed E-state index contributed by atoms with van der Waals surface area (Å²) in [4.78, 5) is 30.0. The monoisotopic (exact) mass is 671 g/mol. The third-order valence-corrected chi connectivity index (χ3v) is 9.66. The first kappa shape index (κ1) is 36.0. The normalized spacial score (nSPS) is 11.9. The molecule has 0 heterocycles. The summed E-state index contributed by atoms with van der Waals surface area (Å²) in [6.45, 7) is 8.99. The Kier molecular flexibility index (Phi) is 11.9. The fourth-order valence-electron chi connectivity index (χ4n) is 5.55. The number of amides is 2. The van der Waals surface area contributed by atoms with Crippen LogP contribution in [-0.4, -0.2) is 58.0 Å². The number of aryl methyl sites for hydroxylation is 3. The van der Waals surface area contributed by atoms with Gasteiger partial charge in [-0.15, -0.1) is 0 Å². The third kappa shape index (κ3) is 8.95. The number of anilines is 1. The summed E-state index contributed by atoms with van der Waals surface area (Å²) < 4.78 is 40.8. The number of carbonyl (C=O) groups excluding carboxylic acids is 2. The standard InChI is InChI=1S/C38H45N3O6S/c1-26(2)39-38(43)34(22-30-11-9-8-10-12-30)40(24-31-15-13-27(3)14-16-31)37(42)25-41(32-20-28(4)19-29(5)21-32)48(44,45)33-17-18-35(46-6)36(23-33)47-7/h8-21,23,26,34H,22,24-25H2,1-7H3,(H,39,43).